The Bertz CT molecular complexity index is 382. The summed E-state index contributed by atoms with van der Waals surface area (Å²) in [5, 5.41) is 11.8. The molecule has 84 valence electrons. The second-order valence-corrected chi connectivity index (χ2v) is 3.46. The molecule has 1 aromatic carbocycles. The Labute approximate surface area is 96.4 Å². The molecule has 0 spiro atoms. The third kappa shape index (κ3) is 3.76. The summed E-state index contributed by atoms with van der Waals surface area (Å²) >= 11 is 0. The van der Waals surface area contributed by atoms with Crippen LogP contribution in [0.3, 0.4) is 0 Å². The molecular weight excluding hydrogens is 200 g/mol. The van der Waals surface area contributed by atoms with Crippen LogP contribution in [0.15, 0.2) is 36.9 Å². The number of nitrogens with one attached hydrogen (secondary N) is 1. The number of rotatable bonds is 6. The summed E-state index contributed by atoms with van der Waals surface area (Å²) in [6.45, 7) is 6.52. The summed E-state index contributed by atoms with van der Waals surface area (Å²) in [7, 11) is 0. The summed E-state index contributed by atoms with van der Waals surface area (Å²) in [6.07, 6.45) is 1.85. The van der Waals surface area contributed by atoms with Crippen LogP contribution in [-0.4, -0.2) is 12.6 Å². The van der Waals surface area contributed by atoms with Gasteiger partial charge in [-0.3, -0.25) is 0 Å². The first-order valence-electron chi connectivity index (χ1n) is 5.21. The zero-order chi connectivity index (χ0) is 11.8. The molecule has 1 unspecified atom stereocenters. The van der Waals surface area contributed by atoms with E-state index >= 15 is 0 Å². The van der Waals surface area contributed by atoms with Crippen molar-refractivity contribution in [1.82, 2.24) is 5.32 Å². The highest BCUT2D eigenvalue weighted by Crippen LogP contribution is 2.17. The molecule has 0 aromatic heterocycles. The molecular formula is C13H16N2O. The van der Waals surface area contributed by atoms with Gasteiger partial charge in [0, 0.05) is 18.2 Å². The minimum atomic E-state index is 0.0774. The molecule has 0 fully saturated rings. The first-order valence-corrected chi connectivity index (χ1v) is 5.21. The molecule has 1 atom stereocenters. The molecule has 0 aliphatic rings. The van der Waals surface area contributed by atoms with E-state index in [1.807, 2.05) is 43.3 Å². The van der Waals surface area contributed by atoms with Crippen molar-refractivity contribution in [2.24, 2.45) is 0 Å². The molecule has 3 nitrogen and oxygen atoms in total. The number of benzene rings is 1. The van der Waals surface area contributed by atoms with Gasteiger partial charge < -0.3 is 10.1 Å². The van der Waals surface area contributed by atoms with Crippen molar-refractivity contribution in [2.75, 3.05) is 6.61 Å². The molecule has 16 heavy (non-hydrogen) atoms. The van der Waals surface area contributed by atoms with Gasteiger partial charge in [0.05, 0.1) is 0 Å². The lowest BCUT2D eigenvalue weighted by Gasteiger charge is -2.12. The average molecular weight is 216 g/mol. The van der Waals surface area contributed by atoms with Crippen molar-refractivity contribution in [1.29, 1.82) is 5.26 Å². The van der Waals surface area contributed by atoms with Gasteiger partial charge in [-0.2, -0.15) is 5.26 Å². The van der Waals surface area contributed by atoms with E-state index < -0.39 is 0 Å². The van der Waals surface area contributed by atoms with Crippen LogP contribution in [0.4, 0.5) is 0 Å². The van der Waals surface area contributed by atoms with Crippen LogP contribution in [-0.2, 0) is 6.54 Å². The topological polar surface area (TPSA) is 45.0 Å². The fraction of sp³-hybridized carbons (Fsp3) is 0.308. The quantitative estimate of drug-likeness (QED) is 0.742. The highest BCUT2D eigenvalue weighted by Gasteiger charge is 2.03. The first-order chi connectivity index (χ1) is 7.77. The third-order valence-corrected chi connectivity index (χ3v) is 2.23. The van der Waals surface area contributed by atoms with E-state index in [4.69, 9.17) is 10.00 Å². The number of hydrogen-bond acceptors (Lipinski definition) is 3. The van der Waals surface area contributed by atoms with Gasteiger partial charge >= 0.3 is 0 Å². The van der Waals surface area contributed by atoms with Crippen LogP contribution in [0.1, 0.15) is 12.5 Å². The molecule has 0 saturated heterocycles. The standard InChI is InChI=1S/C13H16N2O/c1-3-11(2)15-10-12-6-4-5-7-13(12)16-9-8-14/h3-7,11,15H,1,9-10H2,2H3. The van der Waals surface area contributed by atoms with Crippen molar-refractivity contribution in [2.45, 2.75) is 19.5 Å². The van der Waals surface area contributed by atoms with E-state index in [0.717, 1.165) is 11.3 Å². The van der Waals surface area contributed by atoms with Gasteiger partial charge in [0.15, 0.2) is 6.61 Å². The predicted molar refractivity (Wildman–Crippen MR) is 64.0 cm³/mol. The van der Waals surface area contributed by atoms with Crippen molar-refractivity contribution in [3.8, 4) is 11.8 Å². The molecule has 0 aliphatic heterocycles. The maximum Gasteiger partial charge on any atom is 0.174 e. The normalized spacial score (nSPS) is 11.5. The average Bonchev–Trinajstić information content (AvgIpc) is 2.34. The van der Waals surface area contributed by atoms with Crippen molar-refractivity contribution in [3.63, 3.8) is 0 Å². The zero-order valence-electron chi connectivity index (χ0n) is 9.44. The number of nitrogens with zero attached hydrogens (tertiary/aromatic N) is 1. The molecule has 1 aromatic rings. The molecule has 0 amide bonds. The molecule has 3 heteroatoms. The van der Waals surface area contributed by atoms with Crippen LogP contribution < -0.4 is 10.1 Å². The number of hydrogen-bond donors (Lipinski definition) is 1. The van der Waals surface area contributed by atoms with Crippen molar-refractivity contribution >= 4 is 0 Å². The molecule has 1 N–H and O–H groups in total. The molecule has 1 rings (SSSR count). The first kappa shape index (κ1) is 12.3. The Balaban J connectivity index is 2.63. The lowest BCUT2D eigenvalue weighted by molar-refractivity contribution is 0.362. The summed E-state index contributed by atoms with van der Waals surface area (Å²) < 4.78 is 5.33. The van der Waals surface area contributed by atoms with E-state index in [-0.39, 0.29) is 12.6 Å². The fourth-order valence-electron chi connectivity index (χ4n) is 1.25. The van der Waals surface area contributed by atoms with Gasteiger partial charge in [0.25, 0.3) is 0 Å². The number of nitriles is 1. The second kappa shape index (κ2) is 6.65. The maximum absolute atomic E-state index is 8.47. The number of ether oxygens (including phenoxy) is 1. The van der Waals surface area contributed by atoms with E-state index in [0.29, 0.717) is 6.54 Å². The summed E-state index contributed by atoms with van der Waals surface area (Å²) in [4.78, 5) is 0. The van der Waals surface area contributed by atoms with Crippen LogP contribution in [0.5, 0.6) is 5.75 Å². The zero-order valence-corrected chi connectivity index (χ0v) is 9.44. The Morgan fingerprint density at radius 2 is 2.31 bits per heavy atom. The Kier molecular flexibility index (Phi) is 5.10. The van der Waals surface area contributed by atoms with Crippen LogP contribution in [0.25, 0.3) is 0 Å². The minimum absolute atomic E-state index is 0.0774. The Hall–Kier alpha value is -1.79. The van der Waals surface area contributed by atoms with Crippen molar-refractivity contribution in [3.05, 3.63) is 42.5 Å². The number of para-hydroxylation sites is 1. The van der Waals surface area contributed by atoms with Gasteiger partial charge in [-0.05, 0) is 13.0 Å². The second-order valence-electron chi connectivity index (χ2n) is 3.46. The third-order valence-electron chi connectivity index (χ3n) is 2.23. The van der Waals surface area contributed by atoms with Crippen molar-refractivity contribution < 1.29 is 4.74 Å². The lowest BCUT2D eigenvalue weighted by atomic mass is 10.2. The van der Waals surface area contributed by atoms with Gasteiger partial charge in [0.2, 0.25) is 0 Å². The van der Waals surface area contributed by atoms with Gasteiger partial charge in [-0.1, -0.05) is 24.3 Å². The van der Waals surface area contributed by atoms with E-state index in [1.54, 1.807) is 0 Å². The fourth-order valence-corrected chi connectivity index (χ4v) is 1.25. The Morgan fingerprint density at radius 1 is 1.56 bits per heavy atom. The summed E-state index contributed by atoms with van der Waals surface area (Å²) in [5.74, 6) is 0.757. The summed E-state index contributed by atoms with van der Waals surface area (Å²) in [6, 6.07) is 9.91. The van der Waals surface area contributed by atoms with Gasteiger partial charge in [-0.25, -0.2) is 0 Å². The molecule has 0 heterocycles. The highest BCUT2D eigenvalue weighted by molar-refractivity contribution is 5.33. The maximum atomic E-state index is 8.47. The largest absolute Gasteiger partial charge is 0.478 e. The lowest BCUT2D eigenvalue weighted by Crippen LogP contribution is -2.23. The monoisotopic (exact) mass is 216 g/mol. The Morgan fingerprint density at radius 3 is 3.00 bits per heavy atom. The molecule has 0 radical (unpaired) electrons. The smallest absolute Gasteiger partial charge is 0.174 e. The van der Waals surface area contributed by atoms with E-state index in [1.165, 1.54) is 0 Å². The minimum Gasteiger partial charge on any atom is -0.478 e. The SMILES string of the molecule is C=CC(C)NCc1ccccc1OCC#N. The molecule has 0 aliphatic carbocycles. The van der Waals surface area contributed by atoms with Gasteiger partial charge in [-0.15, -0.1) is 6.58 Å². The van der Waals surface area contributed by atoms with E-state index in [2.05, 4.69) is 11.9 Å². The molecule has 0 bridgehead atoms. The predicted octanol–water partition coefficient (Wildman–Crippen LogP) is 2.25. The highest BCUT2D eigenvalue weighted by atomic mass is 16.5. The van der Waals surface area contributed by atoms with Crippen LogP contribution in [0, 0.1) is 11.3 Å². The summed E-state index contributed by atoms with van der Waals surface area (Å²) in [5.41, 5.74) is 1.05. The van der Waals surface area contributed by atoms with Gasteiger partial charge in [0.1, 0.15) is 11.8 Å². The van der Waals surface area contributed by atoms with E-state index in [9.17, 15) is 0 Å². The van der Waals surface area contributed by atoms with Crippen LogP contribution >= 0.6 is 0 Å². The van der Waals surface area contributed by atoms with Crippen LogP contribution in [0.2, 0.25) is 0 Å². The molecule has 0 saturated carbocycles.